The van der Waals surface area contributed by atoms with E-state index in [1.807, 2.05) is 49.4 Å². The minimum absolute atomic E-state index is 0.160. The van der Waals surface area contributed by atoms with E-state index in [0.29, 0.717) is 30.2 Å². The maximum atomic E-state index is 13.1. The fourth-order valence-electron chi connectivity index (χ4n) is 4.15. The van der Waals surface area contributed by atoms with Gasteiger partial charge in [0.05, 0.1) is 0 Å². The van der Waals surface area contributed by atoms with Crippen LogP contribution in [0.2, 0.25) is 5.02 Å². The van der Waals surface area contributed by atoms with Gasteiger partial charge in [-0.2, -0.15) is 0 Å². The number of hydrogen-bond donors (Lipinski definition) is 2. The highest BCUT2D eigenvalue weighted by molar-refractivity contribution is 6.31. The molecule has 5 rings (SSSR count). The molecule has 0 unspecified atom stereocenters. The molecule has 1 aliphatic heterocycles. The second-order valence-corrected chi connectivity index (χ2v) is 8.17. The Kier molecular flexibility index (Phi) is 4.48. The summed E-state index contributed by atoms with van der Waals surface area (Å²) in [5, 5.41) is 1.69. The Hall–Kier alpha value is -3.31. The van der Waals surface area contributed by atoms with E-state index in [4.69, 9.17) is 11.6 Å². The normalized spacial score (nSPS) is 13.5. The van der Waals surface area contributed by atoms with Crippen molar-refractivity contribution in [2.75, 3.05) is 6.54 Å². The number of nitrogens with zero attached hydrogens (tertiary/aromatic N) is 1. The zero-order valence-corrected chi connectivity index (χ0v) is 17.2. The Morgan fingerprint density at radius 3 is 2.73 bits per heavy atom. The van der Waals surface area contributed by atoms with Crippen LogP contribution in [0.3, 0.4) is 0 Å². The Morgan fingerprint density at radius 2 is 1.93 bits per heavy atom. The number of pyridine rings is 1. The summed E-state index contributed by atoms with van der Waals surface area (Å²) in [6.45, 7) is 3.01. The standard InChI is InChI=1S/C24H20ClN3O2/c1-14-3-2-4-15(11-14)20-8-6-17(23(29)27-20)24(30)28-10-9-22-19(13-28)18-12-16(25)5-7-21(18)26-22/h2-8,11-12,26H,9-10,13H2,1H3,(H,27,29). The molecule has 0 aliphatic carbocycles. The van der Waals surface area contributed by atoms with Crippen LogP contribution in [0.5, 0.6) is 0 Å². The lowest BCUT2D eigenvalue weighted by atomic mass is 10.0. The molecule has 0 bridgehead atoms. The summed E-state index contributed by atoms with van der Waals surface area (Å²) in [5.74, 6) is -0.255. The molecule has 1 amide bonds. The lowest BCUT2D eigenvalue weighted by Gasteiger charge is -2.27. The van der Waals surface area contributed by atoms with Crippen LogP contribution in [0.1, 0.15) is 27.2 Å². The van der Waals surface area contributed by atoms with Crippen molar-refractivity contribution in [3.63, 3.8) is 0 Å². The third-order valence-electron chi connectivity index (χ3n) is 5.69. The van der Waals surface area contributed by atoms with Gasteiger partial charge in [-0.3, -0.25) is 9.59 Å². The maximum Gasteiger partial charge on any atom is 0.261 e. The molecule has 150 valence electrons. The first-order valence-electron chi connectivity index (χ1n) is 9.88. The van der Waals surface area contributed by atoms with Crippen molar-refractivity contribution in [3.05, 3.63) is 92.4 Å². The van der Waals surface area contributed by atoms with Crippen LogP contribution in [0, 0.1) is 6.92 Å². The first-order chi connectivity index (χ1) is 14.5. The molecule has 0 saturated heterocycles. The van der Waals surface area contributed by atoms with Gasteiger partial charge in [-0.05, 0) is 48.9 Å². The first kappa shape index (κ1) is 18.7. The highest BCUT2D eigenvalue weighted by Crippen LogP contribution is 2.30. The molecule has 0 atom stereocenters. The third-order valence-corrected chi connectivity index (χ3v) is 5.93. The molecule has 0 radical (unpaired) electrons. The molecule has 1 aliphatic rings. The molecular formula is C24H20ClN3O2. The van der Waals surface area contributed by atoms with Crippen molar-refractivity contribution < 1.29 is 4.79 Å². The monoisotopic (exact) mass is 417 g/mol. The third kappa shape index (κ3) is 3.21. The molecule has 2 aromatic carbocycles. The lowest BCUT2D eigenvalue weighted by molar-refractivity contribution is 0.0733. The summed E-state index contributed by atoms with van der Waals surface area (Å²) in [6.07, 6.45) is 0.715. The summed E-state index contributed by atoms with van der Waals surface area (Å²) in [7, 11) is 0. The van der Waals surface area contributed by atoms with Gasteiger partial charge in [0.15, 0.2) is 0 Å². The van der Waals surface area contributed by atoms with Crippen molar-refractivity contribution in [3.8, 4) is 11.3 Å². The number of aromatic amines is 2. The molecule has 4 aromatic rings. The zero-order valence-electron chi connectivity index (χ0n) is 16.5. The van der Waals surface area contributed by atoms with Gasteiger partial charge in [0.25, 0.3) is 11.5 Å². The first-order valence-corrected chi connectivity index (χ1v) is 10.3. The number of carbonyl (C=O) groups is 1. The Balaban J connectivity index is 1.45. The van der Waals surface area contributed by atoms with Crippen LogP contribution in [0.25, 0.3) is 22.2 Å². The summed E-state index contributed by atoms with van der Waals surface area (Å²) in [4.78, 5) is 33.8. The van der Waals surface area contributed by atoms with E-state index in [-0.39, 0.29) is 17.0 Å². The Labute approximate surface area is 178 Å². The minimum Gasteiger partial charge on any atom is -0.358 e. The maximum absolute atomic E-state index is 13.1. The average Bonchev–Trinajstić information content (AvgIpc) is 3.10. The summed E-state index contributed by atoms with van der Waals surface area (Å²) in [6, 6.07) is 17.0. The predicted molar refractivity (Wildman–Crippen MR) is 119 cm³/mol. The quantitative estimate of drug-likeness (QED) is 0.497. The Bertz CT molecular complexity index is 1350. The van der Waals surface area contributed by atoms with E-state index in [9.17, 15) is 9.59 Å². The van der Waals surface area contributed by atoms with E-state index < -0.39 is 0 Å². The number of amides is 1. The number of H-pyrrole nitrogens is 2. The van der Waals surface area contributed by atoms with Crippen LogP contribution < -0.4 is 5.56 Å². The van der Waals surface area contributed by atoms with Gasteiger partial charge in [-0.1, -0.05) is 35.4 Å². The van der Waals surface area contributed by atoms with Crippen molar-refractivity contribution in [2.45, 2.75) is 19.9 Å². The lowest BCUT2D eigenvalue weighted by Crippen LogP contribution is -2.38. The number of carbonyl (C=O) groups excluding carboxylic acids is 1. The van der Waals surface area contributed by atoms with Gasteiger partial charge in [-0.15, -0.1) is 0 Å². The summed E-state index contributed by atoms with van der Waals surface area (Å²) >= 11 is 6.17. The molecule has 0 spiro atoms. The van der Waals surface area contributed by atoms with Crippen molar-refractivity contribution >= 4 is 28.4 Å². The number of aromatic nitrogens is 2. The number of nitrogens with one attached hydrogen (secondary N) is 2. The molecule has 6 heteroatoms. The van der Waals surface area contributed by atoms with Gasteiger partial charge >= 0.3 is 0 Å². The average molecular weight is 418 g/mol. The fourth-order valence-corrected chi connectivity index (χ4v) is 4.33. The van der Waals surface area contributed by atoms with E-state index in [1.165, 1.54) is 0 Å². The van der Waals surface area contributed by atoms with Gasteiger partial charge in [0, 0.05) is 52.4 Å². The number of aryl methyl sites for hydroxylation is 1. The van der Waals surface area contributed by atoms with Gasteiger partial charge in [0.2, 0.25) is 0 Å². The van der Waals surface area contributed by atoms with Crippen LogP contribution in [0.4, 0.5) is 0 Å². The minimum atomic E-state index is -0.369. The fraction of sp³-hybridized carbons (Fsp3) is 0.167. The summed E-state index contributed by atoms with van der Waals surface area (Å²) < 4.78 is 0. The van der Waals surface area contributed by atoms with Gasteiger partial charge in [0.1, 0.15) is 5.56 Å². The number of hydrogen-bond acceptors (Lipinski definition) is 2. The van der Waals surface area contributed by atoms with Crippen LogP contribution >= 0.6 is 11.6 Å². The molecule has 0 saturated carbocycles. The molecule has 5 nitrogen and oxygen atoms in total. The predicted octanol–water partition coefficient (Wildman–Crippen LogP) is 4.68. The van der Waals surface area contributed by atoms with Crippen LogP contribution in [0.15, 0.2) is 59.4 Å². The highest BCUT2D eigenvalue weighted by Gasteiger charge is 2.26. The highest BCUT2D eigenvalue weighted by atomic mass is 35.5. The SMILES string of the molecule is Cc1cccc(-c2ccc(C(=O)N3CCc4[nH]c5ccc(Cl)cc5c4C3)c(=O)[nH]2)c1. The Morgan fingerprint density at radius 1 is 1.07 bits per heavy atom. The number of rotatable bonds is 2. The molecular weight excluding hydrogens is 398 g/mol. The topological polar surface area (TPSA) is 69.0 Å². The van der Waals surface area contributed by atoms with Crippen molar-refractivity contribution in [2.24, 2.45) is 0 Å². The molecule has 2 aromatic heterocycles. The van der Waals surface area contributed by atoms with Crippen molar-refractivity contribution in [1.82, 2.24) is 14.9 Å². The van der Waals surface area contributed by atoms with Crippen LogP contribution in [-0.2, 0) is 13.0 Å². The van der Waals surface area contributed by atoms with Gasteiger partial charge < -0.3 is 14.9 Å². The smallest absolute Gasteiger partial charge is 0.261 e. The largest absolute Gasteiger partial charge is 0.358 e. The molecule has 3 heterocycles. The zero-order chi connectivity index (χ0) is 20.8. The molecule has 30 heavy (non-hydrogen) atoms. The second-order valence-electron chi connectivity index (χ2n) is 7.73. The molecule has 2 N–H and O–H groups in total. The number of benzene rings is 2. The van der Waals surface area contributed by atoms with Crippen LogP contribution in [-0.4, -0.2) is 27.3 Å². The van der Waals surface area contributed by atoms with E-state index in [1.54, 1.807) is 17.0 Å². The molecule has 0 fully saturated rings. The van der Waals surface area contributed by atoms with E-state index in [2.05, 4.69) is 9.97 Å². The number of fused-ring (bicyclic) bond motifs is 3. The van der Waals surface area contributed by atoms with Gasteiger partial charge in [-0.25, -0.2) is 0 Å². The van der Waals surface area contributed by atoms with E-state index in [0.717, 1.165) is 33.3 Å². The second kappa shape index (κ2) is 7.18. The van der Waals surface area contributed by atoms with E-state index >= 15 is 0 Å². The number of halogens is 1. The summed E-state index contributed by atoms with van der Waals surface area (Å²) in [5.41, 5.74) is 5.73. The van der Waals surface area contributed by atoms with Crippen molar-refractivity contribution in [1.29, 1.82) is 0 Å².